The number of methoxy groups -OCH3 is 3. The molecule has 0 aliphatic carbocycles. The van der Waals surface area contributed by atoms with Crippen molar-refractivity contribution in [3.05, 3.63) is 42.0 Å². The van der Waals surface area contributed by atoms with Crippen LogP contribution in [0.1, 0.15) is 5.56 Å². The van der Waals surface area contributed by atoms with Gasteiger partial charge >= 0.3 is 0 Å². The quantitative estimate of drug-likeness (QED) is 0.709. The van der Waals surface area contributed by atoms with Crippen LogP contribution in [0.5, 0.6) is 17.2 Å². The summed E-state index contributed by atoms with van der Waals surface area (Å²) in [5.41, 5.74) is 1.20. The van der Waals surface area contributed by atoms with Gasteiger partial charge in [-0.15, -0.1) is 0 Å². The van der Waals surface area contributed by atoms with E-state index in [0.717, 1.165) is 5.56 Å². The summed E-state index contributed by atoms with van der Waals surface area (Å²) in [6, 6.07) is 9.62. The molecule has 9 heteroatoms. The Bertz CT molecular complexity index is 927. The molecule has 2 N–H and O–H groups in total. The predicted molar refractivity (Wildman–Crippen MR) is 101 cm³/mol. The van der Waals surface area contributed by atoms with E-state index >= 15 is 0 Å². The summed E-state index contributed by atoms with van der Waals surface area (Å²) >= 11 is 0. The van der Waals surface area contributed by atoms with Crippen LogP contribution in [0.3, 0.4) is 0 Å². The van der Waals surface area contributed by atoms with Crippen molar-refractivity contribution >= 4 is 21.6 Å². The molecule has 0 aliphatic heterocycles. The smallest absolute Gasteiger partial charge is 0.244 e. The summed E-state index contributed by atoms with van der Waals surface area (Å²) < 4.78 is 42.7. The Kier molecular flexibility index (Phi) is 6.65. The van der Waals surface area contributed by atoms with Gasteiger partial charge in [0.1, 0.15) is 10.6 Å². The van der Waals surface area contributed by atoms with Crippen LogP contribution in [0.25, 0.3) is 0 Å². The molecule has 0 radical (unpaired) electrons. The Balaban J connectivity index is 2.08. The number of benzene rings is 2. The molecule has 2 rings (SSSR count). The van der Waals surface area contributed by atoms with Gasteiger partial charge < -0.3 is 19.5 Å². The van der Waals surface area contributed by atoms with Gasteiger partial charge in [0.15, 0.2) is 11.5 Å². The fourth-order valence-corrected chi connectivity index (χ4v) is 3.59. The van der Waals surface area contributed by atoms with Gasteiger partial charge in [-0.3, -0.25) is 4.79 Å². The second-order valence-corrected chi connectivity index (χ2v) is 7.33. The number of nitrogens with one attached hydrogen (secondary N) is 2. The van der Waals surface area contributed by atoms with Gasteiger partial charge in [-0.05, 0) is 36.8 Å². The van der Waals surface area contributed by atoms with Crippen LogP contribution in [0.4, 0.5) is 5.69 Å². The third-order valence-corrected chi connectivity index (χ3v) is 5.12. The number of amides is 1. The molecular formula is C18H22N2O6S. The molecule has 0 heterocycles. The molecule has 0 bridgehead atoms. The van der Waals surface area contributed by atoms with Crippen LogP contribution in [-0.2, 0) is 14.8 Å². The highest BCUT2D eigenvalue weighted by molar-refractivity contribution is 7.89. The van der Waals surface area contributed by atoms with Crippen molar-refractivity contribution in [3.63, 3.8) is 0 Å². The van der Waals surface area contributed by atoms with Crippen molar-refractivity contribution < 1.29 is 27.4 Å². The molecule has 0 aromatic heterocycles. The van der Waals surface area contributed by atoms with Crippen molar-refractivity contribution in [1.82, 2.24) is 4.72 Å². The van der Waals surface area contributed by atoms with Crippen LogP contribution in [-0.4, -0.2) is 42.2 Å². The lowest BCUT2D eigenvalue weighted by Gasteiger charge is -2.12. The molecule has 2 aromatic carbocycles. The normalized spacial score (nSPS) is 11.0. The van der Waals surface area contributed by atoms with Gasteiger partial charge in [0, 0.05) is 11.8 Å². The lowest BCUT2D eigenvalue weighted by Crippen LogP contribution is -2.33. The monoisotopic (exact) mass is 394 g/mol. The minimum Gasteiger partial charge on any atom is -0.495 e. The van der Waals surface area contributed by atoms with Gasteiger partial charge in [-0.25, -0.2) is 13.1 Å². The Morgan fingerprint density at radius 2 is 1.56 bits per heavy atom. The number of rotatable bonds is 8. The van der Waals surface area contributed by atoms with Crippen LogP contribution in [0.15, 0.2) is 41.3 Å². The van der Waals surface area contributed by atoms with E-state index in [2.05, 4.69) is 10.0 Å². The predicted octanol–water partition coefficient (Wildman–Crippen LogP) is 1.94. The molecule has 0 fully saturated rings. The first-order chi connectivity index (χ1) is 12.8. The molecule has 0 spiro atoms. The van der Waals surface area contributed by atoms with Crippen LogP contribution < -0.4 is 24.2 Å². The maximum Gasteiger partial charge on any atom is 0.244 e. The van der Waals surface area contributed by atoms with E-state index in [1.165, 1.54) is 27.4 Å². The average Bonchev–Trinajstić information content (AvgIpc) is 2.66. The highest BCUT2D eigenvalue weighted by Crippen LogP contribution is 2.29. The molecule has 146 valence electrons. The maximum atomic E-state index is 12.5. The van der Waals surface area contributed by atoms with Crippen molar-refractivity contribution in [2.75, 3.05) is 33.2 Å². The molecule has 0 aliphatic rings. The van der Waals surface area contributed by atoms with Crippen LogP contribution in [0, 0.1) is 6.92 Å². The minimum absolute atomic E-state index is 0.0242. The number of carbonyl (C=O) groups is 1. The number of sulfonamides is 1. The summed E-state index contributed by atoms with van der Waals surface area (Å²) in [5, 5.41) is 2.60. The van der Waals surface area contributed by atoms with Gasteiger partial charge in [0.2, 0.25) is 15.9 Å². The molecule has 0 atom stereocenters. The molecular weight excluding hydrogens is 372 g/mol. The summed E-state index contributed by atoms with van der Waals surface area (Å²) in [7, 11) is 0.449. The zero-order valence-corrected chi connectivity index (χ0v) is 16.3. The van der Waals surface area contributed by atoms with Crippen molar-refractivity contribution in [2.45, 2.75) is 11.8 Å². The van der Waals surface area contributed by atoms with E-state index < -0.39 is 22.5 Å². The molecule has 0 saturated carbocycles. The number of ether oxygens (including phenoxy) is 3. The first-order valence-corrected chi connectivity index (χ1v) is 9.45. The summed E-state index contributed by atoms with van der Waals surface area (Å²) in [6.07, 6.45) is 0. The molecule has 27 heavy (non-hydrogen) atoms. The maximum absolute atomic E-state index is 12.5. The topological polar surface area (TPSA) is 103 Å². The van der Waals surface area contributed by atoms with E-state index in [0.29, 0.717) is 17.2 Å². The minimum atomic E-state index is -3.92. The highest BCUT2D eigenvalue weighted by atomic mass is 32.2. The van der Waals surface area contributed by atoms with E-state index in [1.807, 2.05) is 0 Å². The number of aryl methyl sites for hydroxylation is 1. The lowest BCUT2D eigenvalue weighted by molar-refractivity contribution is -0.115. The number of carbonyl (C=O) groups excluding carboxylic acids is 1. The van der Waals surface area contributed by atoms with Gasteiger partial charge in [-0.1, -0.05) is 6.07 Å². The molecule has 1 amide bonds. The fraction of sp³-hybridized carbons (Fsp3) is 0.278. The second-order valence-electron chi connectivity index (χ2n) is 5.60. The highest BCUT2D eigenvalue weighted by Gasteiger charge is 2.20. The standard InChI is InChI=1S/C18H22N2O6S/c1-12-5-7-15(25-3)17(9-12)27(22,23)19-11-18(21)20-13-6-8-14(24-2)16(10-13)26-4/h5-10,19H,11H2,1-4H3,(H,20,21). The van der Waals surface area contributed by atoms with Crippen LogP contribution in [0.2, 0.25) is 0 Å². The Morgan fingerprint density at radius 3 is 2.19 bits per heavy atom. The molecule has 0 saturated heterocycles. The van der Waals surface area contributed by atoms with E-state index in [1.54, 1.807) is 37.3 Å². The van der Waals surface area contributed by atoms with Crippen molar-refractivity contribution in [3.8, 4) is 17.2 Å². The number of hydrogen-bond acceptors (Lipinski definition) is 6. The fourth-order valence-electron chi connectivity index (χ4n) is 2.35. The van der Waals surface area contributed by atoms with E-state index in [4.69, 9.17) is 14.2 Å². The zero-order valence-electron chi connectivity index (χ0n) is 15.5. The Labute approximate surface area is 158 Å². The largest absolute Gasteiger partial charge is 0.495 e. The third-order valence-electron chi connectivity index (χ3n) is 3.70. The van der Waals surface area contributed by atoms with Gasteiger partial charge in [0.05, 0.1) is 27.9 Å². The molecule has 2 aromatic rings. The molecule has 0 unspecified atom stereocenters. The average molecular weight is 394 g/mol. The lowest BCUT2D eigenvalue weighted by atomic mass is 10.2. The number of anilines is 1. The Hall–Kier alpha value is -2.78. The summed E-state index contributed by atoms with van der Waals surface area (Å²) in [5.74, 6) is 0.633. The number of hydrogen-bond donors (Lipinski definition) is 2. The van der Waals surface area contributed by atoms with Crippen molar-refractivity contribution in [2.24, 2.45) is 0 Å². The summed E-state index contributed by atoms with van der Waals surface area (Å²) in [4.78, 5) is 12.1. The van der Waals surface area contributed by atoms with Crippen molar-refractivity contribution in [1.29, 1.82) is 0 Å². The summed E-state index contributed by atoms with van der Waals surface area (Å²) in [6.45, 7) is 1.33. The van der Waals surface area contributed by atoms with Gasteiger partial charge in [0.25, 0.3) is 0 Å². The Morgan fingerprint density at radius 1 is 0.926 bits per heavy atom. The zero-order chi connectivity index (χ0) is 20.0. The second kappa shape index (κ2) is 8.74. The van der Waals surface area contributed by atoms with E-state index in [-0.39, 0.29) is 10.6 Å². The SMILES string of the molecule is COc1ccc(NC(=O)CNS(=O)(=O)c2cc(C)ccc2OC)cc1OC. The molecule has 8 nitrogen and oxygen atoms in total. The third kappa shape index (κ3) is 5.11. The van der Waals surface area contributed by atoms with E-state index in [9.17, 15) is 13.2 Å². The first-order valence-electron chi connectivity index (χ1n) is 7.97. The van der Waals surface area contributed by atoms with Crippen LogP contribution >= 0.6 is 0 Å². The first kappa shape index (κ1) is 20.5. The van der Waals surface area contributed by atoms with Gasteiger partial charge in [-0.2, -0.15) is 0 Å².